The van der Waals surface area contributed by atoms with Crippen molar-refractivity contribution in [2.24, 2.45) is 5.92 Å². The maximum Gasteiger partial charge on any atom is 0.309 e. The van der Waals surface area contributed by atoms with Crippen molar-refractivity contribution in [3.63, 3.8) is 0 Å². The third-order valence-electron chi connectivity index (χ3n) is 5.71. The lowest BCUT2D eigenvalue weighted by Crippen LogP contribution is -2.44. The van der Waals surface area contributed by atoms with E-state index in [0.717, 1.165) is 51.7 Å². The SMILES string of the molecule is O=C(NCCC1=CCCCC1)C(=O)NCC1CCN(Cc2cccnc2)CC1. The highest BCUT2D eigenvalue weighted by Gasteiger charge is 2.21. The Labute approximate surface area is 167 Å². The number of likely N-dealkylation sites (tertiary alicyclic amines) is 1. The molecule has 3 rings (SSSR count). The molecule has 2 heterocycles. The second kappa shape index (κ2) is 11.0. The average molecular weight is 385 g/mol. The van der Waals surface area contributed by atoms with E-state index in [4.69, 9.17) is 0 Å². The highest BCUT2D eigenvalue weighted by Crippen LogP contribution is 2.19. The van der Waals surface area contributed by atoms with Gasteiger partial charge in [0.25, 0.3) is 0 Å². The Morgan fingerprint density at radius 1 is 1.14 bits per heavy atom. The predicted octanol–water partition coefficient (Wildman–Crippen LogP) is 2.42. The topological polar surface area (TPSA) is 74.3 Å². The van der Waals surface area contributed by atoms with Crippen molar-refractivity contribution in [1.82, 2.24) is 20.5 Å². The molecule has 6 nitrogen and oxygen atoms in total. The van der Waals surface area contributed by atoms with Crippen LogP contribution in [0.2, 0.25) is 0 Å². The zero-order valence-electron chi connectivity index (χ0n) is 16.7. The van der Waals surface area contributed by atoms with Gasteiger partial charge in [0.05, 0.1) is 0 Å². The quantitative estimate of drug-likeness (QED) is 0.559. The molecule has 1 aromatic heterocycles. The minimum atomic E-state index is -0.509. The summed E-state index contributed by atoms with van der Waals surface area (Å²) in [5, 5.41) is 5.56. The molecule has 0 unspecified atom stereocenters. The number of amides is 2. The van der Waals surface area contributed by atoms with Crippen LogP contribution >= 0.6 is 0 Å². The highest BCUT2D eigenvalue weighted by molar-refractivity contribution is 6.35. The lowest BCUT2D eigenvalue weighted by Gasteiger charge is -2.31. The molecule has 28 heavy (non-hydrogen) atoms. The molecule has 0 saturated carbocycles. The molecular weight excluding hydrogens is 352 g/mol. The Morgan fingerprint density at radius 3 is 2.68 bits per heavy atom. The number of nitrogens with one attached hydrogen (secondary N) is 2. The van der Waals surface area contributed by atoms with E-state index >= 15 is 0 Å². The molecule has 152 valence electrons. The Balaban J connectivity index is 1.28. The van der Waals surface area contributed by atoms with E-state index in [1.807, 2.05) is 12.3 Å². The van der Waals surface area contributed by atoms with E-state index in [0.29, 0.717) is 19.0 Å². The summed E-state index contributed by atoms with van der Waals surface area (Å²) in [4.78, 5) is 30.6. The Bertz CT molecular complexity index is 666. The van der Waals surface area contributed by atoms with Gasteiger partial charge in [-0.3, -0.25) is 19.5 Å². The summed E-state index contributed by atoms with van der Waals surface area (Å²) in [5.41, 5.74) is 2.64. The van der Waals surface area contributed by atoms with Gasteiger partial charge in [-0.1, -0.05) is 17.7 Å². The van der Waals surface area contributed by atoms with Crippen molar-refractivity contribution in [3.8, 4) is 0 Å². The second-order valence-electron chi connectivity index (χ2n) is 7.90. The van der Waals surface area contributed by atoms with Gasteiger partial charge in [0.15, 0.2) is 0 Å². The average Bonchev–Trinajstić information content (AvgIpc) is 2.74. The molecule has 2 aliphatic rings. The second-order valence-corrected chi connectivity index (χ2v) is 7.90. The first-order chi connectivity index (χ1) is 13.7. The van der Waals surface area contributed by atoms with Gasteiger partial charge in [0, 0.05) is 32.0 Å². The monoisotopic (exact) mass is 384 g/mol. The Morgan fingerprint density at radius 2 is 1.96 bits per heavy atom. The molecule has 1 aliphatic heterocycles. The molecule has 0 radical (unpaired) electrons. The van der Waals surface area contributed by atoms with E-state index in [-0.39, 0.29) is 0 Å². The number of carbonyl (C=O) groups is 2. The van der Waals surface area contributed by atoms with Gasteiger partial charge in [0.2, 0.25) is 0 Å². The van der Waals surface area contributed by atoms with Crippen LogP contribution in [0, 0.1) is 5.92 Å². The smallest absolute Gasteiger partial charge is 0.309 e. The number of carbonyl (C=O) groups excluding carboxylic acids is 2. The fourth-order valence-corrected chi connectivity index (χ4v) is 3.96. The van der Waals surface area contributed by atoms with E-state index in [1.165, 1.54) is 24.0 Å². The van der Waals surface area contributed by atoms with Crippen molar-refractivity contribution >= 4 is 11.8 Å². The van der Waals surface area contributed by atoms with Crippen LogP contribution in [0.15, 0.2) is 36.2 Å². The summed E-state index contributed by atoms with van der Waals surface area (Å²) in [6, 6.07) is 4.07. The molecule has 0 aromatic carbocycles. The predicted molar refractivity (Wildman–Crippen MR) is 109 cm³/mol. The van der Waals surface area contributed by atoms with Gasteiger partial charge in [-0.2, -0.15) is 0 Å². The van der Waals surface area contributed by atoms with Gasteiger partial charge in [-0.05, 0) is 75.6 Å². The van der Waals surface area contributed by atoms with Crippen LogP contribution < -0.4 is 10.6 Å². The molecule has 1 aromatic rings. The highest BCUT2D eigenvalue weighted by atomic mass is 16.2. The number of hydrogen-bond acceptors (Lipinski definition) is 4. The lowest BCUT2D eigenvalue weighted by molar-refractivity contribution is -0.139. The van der Waals surface area contributed by atoms with Gasteiger partial charge in [-0.25, -0.2) is 0 Å². The maximum atomic E-state index is 12.0. The van der Waals surface area contributed by atoms with E-state index in [9.17, 15) is 9.59 Å². The van der Waals surface area contributed by atoms with Crippen molar-refractivity contribution in [1.29, 1.82) is 0 Å². The van der Waals surface area contributed by atoms with E-state index in [2.05, 4.69) is 32.7 Å². The van der Waals surface area contributed by atoms with Crippen LogP contribution in [-0.4, -0.2) is 47.9 Å². The first-order valence-corrected chi connectivity index (χ1v) is 10.6. The number of pyridine rings is 1. The molecule has 1 fully saturated rings. The third-order valence-corrected chi connectivity index (χ3v) is 5.71. The lowest BCUT2D eigenvalue weighted by atomic mass is 9.96. The molecule has 0 atom stereocenters. The van der Waals surface area contributed by atoms with Gasteiger partial charge in [-0.15, -0.1) is 0 Å². The summed E-state index contributed by atoms with van der Waals surface area (Å²) in [7, 11) is 0. The molecule has 2 N–H and O–H groups in total. The maximum absolute atomic E-state index is 12.0. The zero-order chi connectivity index (χ0) is 19.6. The van der Waals surface area contributed by atoms with Crippen molar-refractivity contribution in [2.45, 2.75) is 51.5 Å². The van der Waals surface area contributed by atoms with Crippen LogP contribution in [0.4, 0.5) is 0 Å². The number of rotatable bonds is 7. The molecule has 2 amide bonds. The van der Waals surface area contributed by atoms with Crippen LogP contribution in [0.1, 0.15) is 50.5 Å². The van der Waals surface area contributed by atoms with Gasteiger partial charge >= 0.3 is 11.8 Å². The molecule has 0 bridgehead atoms. The summed E-state index contributed by atoms with van der Waals surface area (Å²) in [6.45, 7) is 4.07. The summed E-state index contributed by atoms with van der Waals surface area (Å²) in [5.74, 6) is -0.574. The summed E-state index contributed by atoms with van der Waals surface area (Å²) >= 11 is 0. The summed E-state index contributed by atoms with van der Waals surface area (Å²) < 4.78 is 0. The zero-order valence-corrected chi connectivity index (χ0v) is 16.7. The Kier molecular flexibility index (Phi) is 8.03. The first kappa shape index (κ1) is 20.5. The van der Waals surface area contributed by atoms with Crippen molar-refractivity contribution in [2.75, 3.05) is 26.2 Å². The standard InChI is InChI=1S/C22H32N4O2/c27-21(24-12-8-18-5-2-1-3-6-18)22(28)25-16-19-9-13-26(14-10-19)17-20-7-4-11-23-15-20/h4-5,7,11,15,19H,1-3,6,8-10,12-14,16-17H2,(H,24,27)(H,25,28). The van der Waals surface area contributed by atoms with Crippen LogP contribution in [0.25, 0.3) is 0 Å². The number of piperidine rings is 1. The number of allylic oxidation sites excluding steroid dienone is 1. The van der Waals surface area contributed by atoms with Crippen molar-refractivity contribution < 1.29 is 9.59 Å². The molecule has 6 heteroatoms. The number of hydrogen-bond donors (Lipinski definition) is 2. The molecule has 1 saturated heterocycles. The van der Waals surface area contributed by atoms with E-state index in [1.54, 1.807) is 6.20 Å². The normalized spacial score (nSPS) is 18.4. The number of nitrogens with zero attached hydrogens (tertiary/aromatic N) is 2. The van der Waals surface area contributed by atoms with Gasteiger partial charge < -0.3 is 10.6 Å². The van der Waals surface area contributed by atoms with Gasteiger partial charge in [0.1, 0.15) is 0 Å². The Hall–Kier alpha value is -2.21. The minimum absolute atomic E-state index is 0.439. The third kappa shape index (κ3) is 6.75. The van der Waals surface area contributed by atoms with Crippen LogP contribution in [-0.2, 0) is 16.1 Å². The van der Waals surface area contributed by atoms with E-state index < -0.39 is 11.8 Å². The van der Waals surface area contributed by atoms with Crippen molar-refractivity contribution in [3.05, 3.63) is 41.7 Å². The fraction of sp³-hybridized carbons (Fsp3) is 0.591. The van der Waals surface area contributed by atoms with Crippen LogP contribution in [0.5, 0.6) is 0 Å². The molecular formula is C22H32N4O2. The summed E-state index contributed by atoms with van der Waals surface area (Å²) in [6.07, 6.45) is 13.7. The molecule has 0 spiro atoms. The largest absolute Gasteiger partial charge is 0.348 e. The number of aromatic nitrogens is 1. The fourth-order valence-electron chi connectivity index (χ4n) is 3.96. The molecule has 1 aliphatic carbocycles. The minimum Gasteiger partial charge on any atom is -0.348 e. The first-order valence-electron chi connectivity index (χ1n) is 10.6. The van der Waals surface area contributed by atoms with Crippen LogP contribution in [0.3, 0.4) is 0 Å².